The Labute approximate surface area is 111 Å². The van der Waals surface area contributed by atoms with E-state index in [4.69, 9.17) is 4.74 Å². The first kappa shape index (κ1) is 15.2. The maximum Gasteiger partial charge on any atom is 0.333 e. The molecule has 0 aromatic rings. The molecule has 0 heterocycles. The molecule has 0 saturated heterocycles. The lowest BCUT2D eigenvalue weighted by molar-refractivity contribution is -0.136. The van der Waals surface area contributed by atoms with Crippen molar-refractivity contribution in [2.45, 2.75) is 58.9 Å². The van der Waals surface area contributed by atoms with Crippen molar-refractivity contribution in [3.8, 4) is 0 Å². The number of carbonyl (C=O) groups excluding carboxylic acids is 1. The Bertz CT molecular complexity index is 298. The summed E-state index contributed by atoms with van der Waals surface area (Å²) in [6, 6.07) is 0.602. The average molecular weight is 253 g/mol. The number of nitrogens with one attached hydrogen (secondary N) is 1. The van der Waals surface area contributed by atoms with Gasteiger partial charge in [-0.2, -0.15) is 0 Å². The number of hydrogen-bond donors (Lipinski definition) is 1. The van der Waals surface area contributed by atoms with Crippen LogP contribution in [-0.2, 0) is 9.53 Å². The monoisotopic (exact) mass is 253 g/mol. The summed E-state index contributed by atoms with van der Waals surface area (Å²) in [6.07, 6.45) is 7.73. The zero-order valence-electron chi connectivity index (χ0n) is 12.2. The standard InChI is InChI=1S/C15H27NO2/c1-5-12(14(17)18-4)8-11-16-13-6-9-15(2,3)10-7-13/h8,13,16H,5-7,9-11H2,1-4H3. The summed E-state index contributed by atoms with van der Waals surface area (Å²) in [5, 5.41) is 3.52. The van der Waals surface area contributed by atoms with Gasteiger partial charge >= 0.3 is 5.97 Å². The van der Waals surface area contributed by atoms with Crippen molar-refractivity contribution in [2.75, 3.05) is 13.7 Å². The molecule has 0 aromatic carbocycles. The zero-order chi connectivity index (χ0) is 13.6. The van der Waals surface area contributed by atoms with Gasteiger partial charge in [-0.15, -0.1) is 0 Å². The summed E-state index contributed by atoms with van der Waals surface area (Å²) >= 11 is 0. The van der Waals surface area contributed by atoms with Crippen LogP contribution < -0.4 is 5.32 Å². The van der Waals surface area contributed by atoms with Gasteiger partial charge in [-0.1, -0.05) is 26.8 Å². The third-order valence-electron chi connectivity index (χ3n) is 3.92. The topological polar surface area (TPSA) is 38.3 Å². The minimum atomic E-state index is -0.205. The Morgan fingerprint density at radius 3 is 2.50 bits per heavy atom. The molecule has 1 saturated carbocycles. The highest BCUT2D eigenvalue weighted by molar-refractivity contribution is 5.88. The lowest BCUT2D eigenvalue weighted by Gasteiger charge is -2.34. The molecule has 0 unspecified atom stereocenters. The fourth-order valence-electron chi connectivity index (χ4n) is 2.46. The molecule has 3 heteroatoms. The minimum absolute atomic E-state index is 0.205. The first-order valence-electron chi connectivity index (χ1n) is 6.99. The van der Waals surface area contributed by atoms with E-state index in [1.807, 2.05) is 13.0 Å². The second kappa shape index (κ2) is 6.93. The van der Waals surface area contributed by atoms with E-state index in [1.165, 1.54) is 32.8 Å². The van der Waals surface area contributed by atoms with E-state index in [1.54, 1.807) is 0 Å². The van der Waals surface area contributed by atoms with Crippen molar-refractivity contribution < 1.29 is 9.53 Å². The summed E-state index contributed by atoms with van der Waals surface area (Å²) in [7, 11) is 1.43. The molecule has 0 amide bonds. The van der Waals surface area contributed by atoms with Gasteiger partial charge in [0.05, 0.1) is 7.11 Å². The summed E-state index contributed by atoms with van der Waals surface area (Å²) in [5.41, 5.74) is 1.27. The summed E-state index contributed by atoms with van der Waals surface area (Å²) < 4.78 is 4.74. The quantitative estimate of drug-likeness (QED) is 0.604. The van der Waals surface area contributed by atoms with E-state index >= 15 is 0 Å². The van der Waals surface area contributed by atoms with Crippen molar-refractivity contribution in [1.82, 2.24) is 5.32 Å². The molecular weight excluding hydrogens is 226 g/mol. The first-order valence-corrected chi connectivity index (χ1v) is 6.99. The Hall–Kier alpha value is -0.830. The predicted molar refractivity (Wildman–Crippen MR) is 74.4 cm³/mol. The number of esters is 1. The maximum absolute atomic E-state index is 11.4. The van der Waals surface area contributed by atoms with Gasteiger partial charge in [-0.25, -0.2) is 4.79 Å². The molecule has 104 valence electrons. The van der Waals surface area contributed by atoms with Crippen LogP contribution in [-0.4, -0.2) is 25.7 Å². The highest BCUT2D eigenvalue weighted by Crippen LogP contribution is 2.34. The van der Waals surface area contributed by atoms with Gasteiger partial charge in [0.15, 0.2) is 0 Å². The molecular formula is C15H27NO2. The molecule has 1 rings (SSSR count). The number of methoxy groups -OCH3 is 1. The summed E-state index contributed by atoms with van der Waals surface area (Å²) in [6.45, 7) is 7.43. The molecule has 3 nitrogen and oxygen atoms in total. The minimum Gasteiger partial charge on any atom is -0.466 e. The Morgan fingerprint density at radius 2 is 2.00 bits per heavy atom. The van der Waals surface area contributed by atoms with Crippen molar-refractivity contribution in [2.24, 2.45) is 5.41 Å². The number of ether oxygens (including phenoxy) is 1. The maximum atomic E-state index is 11.4. The normalized spacial score (nSPS) is 20.8. The summed E-state index contributed by atoms with van der Waals surface area (Å²) in [4.78, 5) is 11.4. The van der Waals surface area contributed by atoms with Gasteiger partial charge in [0.2, 0.25) is 0 Å². The van der Waals surface area contributed by atoms with E-state index in [-0.39, 0.29) is 5.97 Å². The van der Waals surface area contributed by atoms with E-state index in [0.29, 0.717) is 11.5 Å². The molecule has 1 fully saturated rings. The van der Waals surface area contributed by atoms with E-state index in [2.05, 4.69) is 19.2 Å². The second-order valence-electron chi connectivity index (χ2n) is 5.92. The lowest BCUT2D eigenvalue weighted by Crippen LogP contribution is -2.35. The van der Waals surface area contributed by atoms with E-state index in [9.17, 15) is 4.79 Å². The molecule has 0 aliphatic heterocycles. The highest BCUT2D eigenvalue weighted by atomic mass is 16.5. The smallest absolute Gasteiger partial charge is 0.333 e. The largest absolute Gasteiger partial charge is 0.466 e. The van der Waals surface area contributed by atoms with Gasteiger partial charge in [-0.3, -0.25) is 0 Å². The third kappa shape index (κ3) is 4.81. The van der Waals surface area contributed by atoms with Gasteiger partial charge in [0.25, 0.3) is 0 Å². The average Bonchev–Trinajstić information content (AvgIpc) is 2.35. The van der Waals surface area contributed by atoms with Crippen molar-refractivity contribution in [1.29, 1.82) is 0 Å². The third-order valence-corrected chi connectivity index (χ3v) is 3.92. The van der Waals surface area contributed by atoms with Crippen molar-refractivity contribution in [3.05, 3.63) is 11.6 Å². The fourth-order valence-corrected chi connectivity index (χ4v) is 2.46. The van der Waals surface area contributed by atoms with Crippen molar-refractivity contribution in [3.63, 3.8) is 0 Å². The molecule has 0 radical (unpaired) electrons. The fraction of sp³-hybridized carbons (Fsp3) is 0.800. The van der Waals surface area contributed by atoms with Gasteiger partial charge in [0.1, 0.15) is 0 Å². The van der Waals surface area contributed by atoms with Crippen LogP contribution in [0.15, 0.2) is 11.6 Å². The highest BCUT2D eigenvalue weighted by Gasteiger charge is 2.26. The van der Waals surface area contributed by atoms with E-state index < -0.39 is 0 Å². The van der Waals surface area contributed by atoms with Crippen LogP contribution in [0.1, 0.15) is 52.9 Å². The molecule has 1 aliphatic rings. The Balaban J connectivity index is 2.33. The molecule has 0 aromatic heterocycles. The van der Waals surface area contributed by atoms with Crippen LogP contribution in [0.3, 0.4) is 0 Å². The lowest BCUT2D eigenvalue weighted by atomic mass is 9.75. The van der Waals surface area contributed by atoms with Gasteiger partial charge < -0.3 is 10.1 Å². The number of hydrogen-bond acceptors (Lipinski definition) is 3. The Morgan fingerprint density at radius 1 is 1.39 bits per heavy atom. The number of rotatable bonds is 5. The Kier molecular flexibility index (Phi) is 5.86. The molecule has 0 bridgehead atoms. The van der Waals surface area contributed by atoms with Crippen LogP contribution in [0.5, 0.6) is 0 Å². The van der Waals surface area contributed by atoms with Crippen LogP contribution in [0, 0.1) is 5.41 Å². The molecule has 0 spiro atoms. The van der Waals surface area contributed by atoms with E-state index in [0.717, 1.165) is 18.5 Å². The van der Waals surface area contributed by atoms with Crippen LogP contribution in [0.25, 0.3) is 0 Å². The molecule has 18 heavy (non-hydrogen) atoms. The first-order chi connectivity index (χ1) is 8.48. The van der Waals surface area contributed by atoms with Crippen LogP contribution >= 0.6 is 0 Å². The van der Waals surface area contributed by atoms with Crippen molar-refractivity contribution >= 4 is 5.97 Å². The number of carbonyl (C=O) groups is 1. The SMILES string of the molecule is CCC(=CCNC1CCC(C)(C)CC1)C(=O)OC. The zero-order valence-corrected chi connectivity index (χ0v) is 12.2. The molecule has 1 aliphatic carbocycles. The van der Waals surface area contributed by atoms with Gasteiger partial charge in [0, 0.05) is 18.2 Å². The predicted octanol–water partition coefficient (Wildman–Crippen LogP) is 3.05. The molecule has 0 atom stereocenters. The van der Waals surface area contributed by atoms with Gasteiger partial charge in [-0.05, 0) is 37.5 Å². The summed E-state index contributed by atoms with van der Waals surface area (Å²) in [5.74, 6) is -0.205. The van der Waals surface area contributed by atoms with Crippen LogP contribution in [0.4, 0.5) is 0 Å². The van der Waals surface area contributed by atoms with Crippen LogP contribution in [0.2, 0.25) is 0 Å². The molecule has 1 N–H and O–H groups in total. The second-order valence-corrected chi connectivity index (χ2v) is 5.92.